The number of Topliss-reactive ketones (excluding diaryl/α,β-unsaturated/α-hetero) is 1. The summed E-state index contributed by atoms with van der Waals surface area (Å²) in [5.41, 5.74) is 1.60. The second-order valence-electron chi connectivity index (χ2n) is 20.8. The highest BCUT2D eigenvalue weighted by molar-refractivity contribution is 6.00. The first-order valence-electron chi connectivity index (χ1n) is 21.3. The molecule has 9 atom stereocenters. The molecule has 5 aliphatic carbocycles. The smallest absolute Gasteiger partial charge is 0.309 e. The van der Waals surface area contributed by atoms with Crippen LogP contribution in [0.25, 0.3) is 0 Å². The summed E-state index contributed by atoms with van der Waals surface area (Å²) in [6.07, 6.45) is 10.8. The maximum Gasteiger partial charge on any atom is 0.309 e. The van der Waals surface area contributed by atoms with Crippen molar-refractivity contribution in [2.75, 3.05) is 26.7 Å². The molecule has 0 radical (unpaired) electrons. The number of aliphatic hydroxyl groups excluding tert-OH is 1. The Bertz CT molecular complexity index is 1660. The number of carbonyl (C=O) groups is 3. The number of allylic oxidation sites excluding steroid dienone is 1. The van der Waals surface area contributed by atoms with Crippen molar-refractivity contribution >= 4 is 17.7 Å². The summed E-state index contributed by atoms with van der Waals surface area (Å²) < 4.78 is 6.19. The Hall–Kier alpha value is -2.62. The van der Waals surface area contributed by atoms with Gasteiger partial charge in [-0.15, -0.1) is 0 Å². The lowest BCUT2D eigenvalue weighted by molar-refractivity contribution is -0.235. The lowest BCUT2D eigenvalue weighted by atomic mass is 9.33. The summed E-state index contributed by atoms with van der Waals surface area (Å²) in [6.45, 7) is 22.6. The molecule has 0 bridgehead atoms. The first-order valence-corrected chi connectivity index (χ1v) is 21.3. The molecule has 9 nitrogen and oxygen atoms in total. The molecule has 9 heteroatoms. The molecule has 1 aromatic heterocycles. The SMILES string of the molecule is CNCCN(Cc1ccncc1)CC(O)C12CCC3(C)C(CCC4C5(C)CCC(OC(=O)CC(C)(C)C(=O)O)C(C)(C)C5CCC43C)C1=C(C(C)C)C(=O)C2. The Kier molecular flexibility index (Phi) is 11.4. The Labute approximate surface area is 330 Å². The number of nitrogens with one attached hydrogen (secondary N) is 1. The number of aliphatic hydroxyl groups is 1. The van der Waals surface area contributed by atoms with Crippen LogP contribution >= 0.6 is 0 Å². The molecule has 0 amide bonds. The Morgan fingerprint density at radius 3 is 2.31 bits per heavy atom. The normalized spacial score (nSPS) is 36.2. The Morgan fingerprint density at radius 2 is 1.67 bits per heavy atom. The van der Waals surface area contributed by atoms with Gasteiger partial charge in [0, 0.05) is 55.8 Å². The van der Waals surface area contributed by atoms with Gasteiger partial charge in [-0.2, -0.15) is 0 Å². The molecule has 0 aromatic carbocycles. The minimum Gasteiger partial charge on any atom is -0.481 e. The number of carbonyl (C=O) groups excluding carboxylic acids is 2. The first kappa shape index (κ1) is 42.0. The number of aromatic nitrogens is 1. The van der Waals surface area contributed by atoms with Gasteiger partial charge in [-0.25, -0.2) is 0 Å². The zero-order valence-corrected chi connectivity index (χ0v) is 35.6. The number of nitrogens with zero attached hydrogens (tertiary/aromatic N) is 2. The molecule has 0 saturated heterocycles. The predicted molar refractivity (Wildman–Crippen MR) is 215 cm³/mol. The number of aliphatic carboxylic acids is 1. The highest BCUT2D eigenvalue weighted by Crippen LogP contribution is 2.77. The van der Waals surface area contributed by atoms with Gasteiger partial charge in [0.05, 0.1) is 17.9 Å². The first-order chi connectivity index (χ1) is 25.7. The van der Waals surface area contributed by atoms with Crippen LogP contribution < -0.4 is 5.32 Å². The quantitative estimate of drug-likeness (QED) is 0.172. The molecule has 6 rings (SSSR count). The van der Waals surface area contributed by atoms with Gasteiger partial charge in [0.15, 0.2) is 5.78 Å². The van der Waals surface area contributed by atoms with E-state index in [1.54, 1.807) is 13.8 Å². The van der Waals surface area contributed by atoms with Crippen molar-refractivity contribution in [3.63, 3.8) is 0 Å². The number of ether oxygens (including phenoxy) is 1. The number of hydrogen-bond acceptors (Lipinski definition) is 8. The van der Waals surface area contributed by atoms with Crippen molar-refractivity contribution in [3.8, 4) is 0 Å². The summed E-state index contributed by atoms with van der Waals surface area (Å²) in [6, 6.07) is 4.09. The number of hydrogen-bond donors (Lipinski definition) is 3. The molecular weight excluding hydrogens is 691 g/mol. The van der Waals surface area contributed by atoms with E-state index in [9.17, 15) is 24.6 Å². The zero-order chi connectivity index (χ0) is 40.4. The van der Waals surface area contributed by atoms with E-state index in [2.05, 4.69) is 63.7 Å². The van der Waals surface area contributed by atoms with Crippen molar-refractivity contribution in [2.45, 2.75) is 145 Å². The van der Waals surface area contributed by atoms with Gasteiger partial charge >= 0.3 is 11.9 Å². The molecule has 1 aromatic rings. The zero-order valence-electron chi connectivity index (χ0n) is 35.6. The second kappa shape index (κ2) is 15.0. The van der Waals surface area contributed by atoms with E-state index in [1.165, 1.54) is 11.1 Å². The molecule has 1 heterocycles. The number of fused-ring (bicyclic) bond motifs is 7. The molecule has 55 heavy (non-hydrogen) atoms. The number of pyridine rings is 1. The van der Waals surface area contributed by atoms with Crippen LogP contribution in [0.2, 0.25) is 0 Å². The van der Waals surface area contributed by atoms with Crippen molar-refractivity contribution in [2.24, 2.45) is 56.2 Å². The number of likely N-dealkylation sites (N-methyl/N-ethyl adjacent to an activating group) is 1. The number of esters is 1. The van der Waals surface area contributed by atoms with Gasteiger partial charge in [-0.05, 0) is 135 Å². The van der Waals surface area contributed by atoms with Crippen molar-refractivity contribution < 1.29 is 29.3 Å². The highest BCUT2D eigenvalue weighted by Gasteiger charge is 2.71. The molecule has 4 saturated carbocycles. The van der Waals surface area contributed by atoms with Gasteiger partial charge in [-0.1, -0.05) is 54.0 Å². The number of carboxylic acid groups (broad SMARTS) is 1. The molecule has 5 aliphatic rings. The van der Waals surface area contributed by atoms with Crippen LogP contribution in [0, 0.1) is 56.2 Å². The number of carboxylic acids is 1. The molecule has 0 spiro atoms. The average molecular weight is 762 g/mol. The number of ketones is 1. The van der Waals surface area contributed by atoms with E-state index in [4.69, 9.17) is 4.74 Å². The van der Waals surface area contributed by atoms with Crippen LogP contribution in [0.15, 0.2) is 35.7 Å². The highest BCUT2D eigenvalue weighted by atomic mass is 16.5. The molecule has 0 aliphatic heterocycles. The summed E-state index contributed by atoms with van der Waals surface area (Å²) in [5.74, 6) is 0.0359. The van der Waals surface area contributed by atoms with Crippen LogP contribution in [0.4, 0.5) is 0 Å². The van der Waals surface area contributed by atoms with E-state index in [0.29, 0.717) is 24.8 Å². The molecular formula is C46H71N3O6. The third-order valence-electron chi connectivity index (χ3n) is 16.8. The van der Waals surface area contributed by atoms with Crippen molar-refractivity contribution in [1.82, 2.24) is 15.2 Å². The van der Waals surface area contributed by atoms with Crippen molar-refractivity contribution in [3.05, 3.63) is 41.2 Å². The summed E-state index contributed by atoms with van der Waals surface area (Å²) >= 11 is 0. The average Bonchev–Trinajstić information content (AvgIpc) is 3.42. The van der Waals surface area contributed by atoms with Crippen LogP contribution in [0.3, 0.4) is 0 Å². The molecule has 4 fully saturated rings. The lowest BCUT2D eigenvalue weighted by Crippen LogP contribution is -2.66. The predicted octanol–water partition coefficient (Wildman–Crippen LogP) is 7.86. The van der Waals surface area contributed by atoms with Crippen LogP contribution in [-0.2, 0) is 25.7 Å². The monoisotopic (exact) mass is 762 g/mol. The second-order valence-corrected chi connectivity index (χ2v) is 20.8. The fourth-order valence-electron chi connectivity index (χ4n) is 13.6. The van der Waals surface area contributed by atoms with E-state index in [0.717, 1.165) is 76.6 Å². The van der Waals surface area contributed by atoms with E-state index in [-0.39, 0.29) is 51.8 Å². The van der Waals surface area contributed by atoms with Crippen molar-refractivity contribution in [1.29, 1.82) is 0 Å². The largest absolute Gasteiger partial charge is 0.481 e. The third-order valence-corrected chi connectivity index (χ3v) is 16.8. The standard InChI is InChI=1S/C46H71N3O6/c1-29(2)38-32(50)25-46(35(51)28-49(24-23-47-10)27-30-15-21-48-22-16-30)20-19-44(8)31(39(38)46)11-12-34-43(7)17-14-36(55-37(52)26-41(3,4)40(53)54)42(5,6)33(43)13-18-45(34,44)9/h15-16,21-22,29,31,33-36,47,51H,11-14,17-20,23-28H2,1-10H3,(H,53,54). The maximum absolute atomic E-state index is 14.2. The van der Waals surface area contributed by atoms with Crippen LogP contribution in [0.5, 0.6) is 0 Å². The van der Waals surface area contributed by atoms with Gasteiger partial charge in [-0.3, -0.25) is 24.3 Å². The lowest BCUT2D eigenvalue weighted by Gasteiger charge is -2.72. The molecule has 306 valence electrons. The number of rotatable bonds is 13. The fourth-order valence-corrected chi connectivity index (χ4v) is 13.6. The van der Waals surface area contributed by atoms with E-state index >= 15 is 0 Å². The molecule has 3 N–H and O–H groups in total. The molecule has 9 unspecified atom stereocenters. The Morgan fingerprint density at radius 1 is 0.982 bits per heavy atom. The van der Waals surface area contributed by atoms with Crippen LogP contribution in [0.1, 0.15) is 132 Å². The fraction of sp³-hybridized carbons (Fsp3) is 0.783. The summed E-state index contributed by atoms with van der Waals surface area (Å²) in [7, 11) is 1.96. The van der Waals surface area contributed by atoms with Crippen LogP contribution in [-0.4, -0.2) is 76.7 Å². The minimum absolute atomic E-state index is 0.0219. The summed E-state index contributed by atoms with van der Waals surface area (Å²) in [5, 5.41) is 25.5. The van der Waals surface area contributed by atoms with E-state index < -0.39 is 28.9 Å². The van der Waals surface area contributed by atoms with Gasteiger partial charge in [0.25, 0.3) is 0 Å². The maximum atomic E-state index is 14.2. The van der Waals surface area contributed by atoms with Gasteiger partial charge in [0.1, 0.15) is 6.10 Å². The minimum atomic E-state index is -1.17. The Balaban J connectivity index is 1.28. The third kappa shape index (κ3) is 6.94. The summed E-state index contributed by atoms with van der Waals surface area (Å²) in [4.78, 5) is 45.7. The topological polar surface area (TPSA) is 129 Å². The van der Waals surface area contributed by atoms with Gasteiger partial charge < -0.3 is 20.3 Å². The van der Waals surface area contributed by atoms with E-state index in [1.807, 2.05) is 31.6 Å². The van der Waals surface area contributed by atoms with Gasteiger partial charge in [0.2, 0.25) is 0 Å².